The molecule has 0 aromatic carbocycles. The highest BCUT2D eigenvalue weighted by Crippen LogP contribution is 2.36. The molecular weight excluding hydrogens is 548 g/mol. The van der Waals surface area contributed by atoms with Crippen LogP contribution in [0.5, 0.6) is 0 Å². The number of rotatable bonds is 6. The molecule has 45 heavy (non-hydrogen) atoms. The van der Waals surface area contributed by atoms with Gasteiger partial charge < -0.3 is 0 Å². The molecule has 0 aromatic heterocycles. The van der Waals surface area contributed by atoms with Crippen LogP contribution in [0.1, 0.15) is 167 Å². The number of nitrogens with zero attached hydrogens (tertiary/aromatic N) is 4. The van der Waals surface area contributed by atoms with E-state index in [4.69, 9.17) is 10.5 Å². The van der Waals surface area contributed by atoms with E-state index in [9.17, 15) is 10.5 Å². The number of nitriles is 4. The van der Waals surface area contributed by atoms with E-state index in [-0.39, 0.29) is 5.57 Å². The normalized spacial score (nSPS) is 29.2. The van der Waals surface area contributed by atoms with Crippen molar-refractivity contribution >= 4 is 0 Å². The molecule has 3 aliphatic carbocycles. The van der Waals surface area contributed by atoms with E-state index in [1.807, 2.05) is 24.3 Å². The van der Waals surface area contributed by atoms with Crippen LogP contribution < -0.4 is 0 Å². The van der Waals surface area contributed by atoms with Gasteiger partial charge in [0.25, 0.3) is 0 Å². The first-order chi connectivity index (χ1) is 22.1. The summed E-state index contributed by atoms with van der Waals surface area (Å²) in [6.45, 7) is 0. The Balaban J connectivity index is 1.42. The molecule has 2 fully saturated rings. The zero-order valence-electron chi connectivity index (χ0n) is 28.3. The van der Waals surface area contributed by atoms with E-state index in [0.717, 1.165) is 37.0 Å². The highest BCUT2D eigenvalue weighted by molar-refractivity contribution is 5.35. The fourth-order valence-corrected chi connectivity index (χ4v) is 8.60. The summed E-state index contributed by atoms with van der Waals surface area (Å²) in [5.74, 6) is 3.63. The van der Waals surface area contributed by atoms with Crippen molar-refractivity contribution in [1.29, 1.82) is 21.0 Å². The molecule has 3 rings (SSSR count). The summed E-state index contributed by atoms with van der Waals surface area (Å²) in [7, 11) is 0. The van der Waals surface area contributed by atoms with Gasteiger partial charge >= 0.3 is 0 Å². The predicted molar refractivity (Wildman–Crippen MR) is 184 cm³/mol. The minimum atomic E-state index is 0.282. The lowest BCUT2D eigenvalue weighted by molar-refractivity contribution is 0.263. The summed E-state index contributed by atoms with van der Waals surface area (Å²) in [4.78, 5) is 0. The highest BCUT2D eigenvalue weighted by atomic mass is 14.3. The molecule has 1 atom stereocenters. The van der Waals surface area contributed by atoms with E-state index >= 15 is 0 Å². The Bertz CT molecular complexity index is 1060. The molecule has 244 valence electrons. The highest BCUT2D eigenvalue weighted by Gasteiger charge is 2.21. The van der Waals surface area contributed by atoms with Crippen molar-refractivity contribution in [3.63, 3.8) is 0 Å². The van der Waals surface area contributed by atoms with Crippen LogP contribution in [-0.2, 0) is 0 Å². The first-order valence-corrected chi connectivity index (χ1v) is 18.9. The zero-order valence-corrected chi connectivity index (χ0v) is 28.3. The van der Waals surface area contributed by atoms with Gasteiger partial charge in [-0.3, -0.25) is 0 Å². The van der Waals surface area contributed by atoms with Gasteiger partial charge in [0.2, 0.25) is 0 Å². The predicted octanol–water partition coefficient (Wildman–Crippen LogP) is 12.1. The van der Waals surface area contributed by atoms with E-state index in [0.29, 0.717) is 17.4 Å². The molecular formula is C41H60N4. The summed E-state index contributed by atoms with van der Waals surface area (Å²) in [6, 6.07) is 8.16. The minimum absolute atomic E-state index is 0.282. The van der Waals surface area contributed by atoms with E-state index in [1.54, 1.807) is 5.57 Å². The number of allylic oxidation sites excluding steroid dienone is 6. The molecule has 3 aliphatic rings. The van der Waals surface area contributed by atoms with Crippen LogP contribution in [0.4, 0.5) is 0 Å². The van der Waals surface area contributed by atoms with Crippen molar-refractivity contribution in [3.8, 4) is 24.3 Å². The van der Waals surface area contributed by atoms with Gasteiger partial charge in [-0.2, -0.15) is 21.0 Å². The zero-order chi connectivity index (χ0) is 32.0. The van der Waals surface area contributed by atoms with Gasteiger partial charge in [-0.25, -0.2) is 0 Å². The second-order valence-corrected chi connectivity index (χ2v) is 14.6. The Hall–Kier alpha value is -2.82. The average Bonchev–Trinajstić information content (AvgIpc) is 3.11. The molecule has 0 amide bonds. The SMILES string of the molecule is N#CC(C#N)=CCC1CCCCC(CC2CCCCC(/C3=C/CCCCC(C=C(C#N)C#N)CCCC3)CCCC2)CCCC1. The van der Waals surface area contributed by atoms with Crippen LogP contribution >= 0.6 is 0 Å². The Labute approximate surface area is 276 Å². The van der Waals surface area contributed by atoms with Gasteiger partial charge in [0.1, 0.15) is 35.4 Å². The summed E-state index contributed by atoms with van der Waals surface area (Å²) in [5.41, 5.74) is 2.33. The topological polar surface area (TPSA) is 95.2 Å². The van der Waals surface area contributed by atoms with E-state index in [1.165, 1.54) is 148 Å². The van der Waals surface area contributed by atoms with Crippen LogP contribution in [0.25, 0.3) is 0 Å². The quantitative estimate of drug-likeness (QED) is 0.221. The third kappa shape index (κ3) is 14.9. The Morgan fingerprint density at radius 2 is 1.02 bits per heavy atom. The average molecular weight is 609 g/mol. The van der Waals surface area contributed by atoms with Crippen LogP contribution in [0.15, 0.2) is 34.9 Å². The van der Waals surface area contributed by atoms with Crippen molar-refractivity contribution in [2.24, 2.45) is 29.6 Å². The number of hydrogen-bond donors (Lipinski definition) is 0. The van der Waals surface area contributed by atoms with Gasteiger partial charge in [-0.15, -0.1) is 0 Å². The molecule has 0 heterocycles. The molecule has 0 bridgehead atoms. The lowest BCUT2D eigenvalue weighted by Gasteiger charge is -2.28. The molecule has 0 radical (unpaired) electrons. The van der Waals surface area contributed by atoms with Gasteiger partial charge in [0, 0.05) is 0 Å². The van der Waals surface area contributed by atoms with Gasteiger partial charge in [0.15, 0.2) is 0 Å². The van der Waals surface area contributed by atoms with Crippen LogP contribution in [0.3, 0.4) is 0 Å². The molecule has 4 heteroatoms. The lowest BCUT2D eigenvalue weighted by Crippen LogP contribution is -2.13. The summed E-state index contributed by atoms with van der Waals surface area (Å²) >= 11 is 0. The molecule has 0 N–H and O–H groups in total. The van der Waals surface area contributed by atoms with Crippen molar-refractivity contribution in [2.75, 3.05) is 0 Å². The number of hydrogen-bond acceptors (Lipinski definition) is 4. The largest absolute Gasteiger partial charge is 0.192 e. The van der Waals surface area contributed by atoms with Crippen LogP contribution in [0, 0.1) is 74.9 Å². The standard InChI is InChI=1S/C41H60N4/c42-30-38(31-43)27-26-34-14-4-6-17-35(18-7-5-15-34)28-36-19-8-11-24-41(25-12-9-20-36)40-22-3-1-2-16-37(21-10-13-23-40)29-39(32-44)33-45/h22,27,29,34-37,41H,1-21,23-26,28H2/b40-22+. The molecule has 2 saturated carbocycles. The Morgan fingerprint density at radius 3 is 1.56 bits per heavy atom. The summed E-state index contributed by atoms with van der Waals surface area (Å²) in [6.07, 6.45) is 40.0. The molecule has 0 aromatic rings. The first kappa shape index (κ1) is 36.6. The molecule has 1 unspecified atom stereocenters. The third-order valence-corrected chi connectivity index (χ3v) is 11.2. The fraction of sp³-hybridized carbons (Fsp3) is 0.756. The van der Waals surface area contributed by atoms with E-state index < -0.39 is 0 Å². The van der Waals surface area contributed by atoms with Crippen LogP contribution in [0.2, 0.25) is 0 Å². The van der Waals surface area contributed by atoms with E-state index in [2.05, 4.69) is 18.2 Å². The van der Waals surface area contributed by atoms with Crippen molar-refractivity contribution < 1.29 is 0 Å². The second-order valence-electron chi connectivity index (χ2n) is 14.6. The third-order valence-electron chi connectivity index (χ3n) is 11.2. The maximum Gasteiger partial charge on any atom is 0.125 e. The Kier molecular flexibility index (Phi) is 18.4. The van der Waals surface area contributed by atoms with Crippen molar-refractivity contribution in [1.82, 2.24) is 0 Å². The van der Waals surface area contributed by atoms with Crippen molar-refractivity contribution in [2.45, 2.75) is 167 Å². The van der Waals surface area contributed by atoms with Gasteiger partial charge in [0.05, 0.1) is 0 Å². The molecule has 0 saturated heterocycles. The Morgan fingerprint density at radius 1 is 0.556 bits per heavy atom. The van der Waals surface area contributed by atoms with Gasteiger partial charge in [-0.1, -0.05) is 127 Å². The molecule has 4 nitrogen and oxygen atoms in total. The van der Waals surface area contributed by atoms with Crippen molar-refractivity contribution in [3.05, 3.63) is 34.9 Å². The summed E-state index contributed by atoms with van der Waals surface area (Å²) < 4.78 is 0. The monoisotopic (exact) mass is 608 g/mol. The second kappa shape index (κ2) is 22.6. The first-order valence-electron chi connectivity index (χ1n) is 18.9. The molecule has 0 spiro atoms. The summed E-state index contributed by atoms with van der Waals surface area (Å²) in [5, 5.41) is 36.5. The fourth-order valence-electron chi connectivity index (χ4n) is 8.60. The maximum atomic E-state index is 9.19. The maximum absolute atomic E-state index is 9.19. The van der Waals surface area contributed by atoms with Gasteiger partial charge in [-0.05, 0) is 93.8 Å². The smallest absolute Gasteiger partial charge is 0.125 e. The molecule has 0 aliphatic heterocycles. The minimum Gasteiger partial charge on any atom is -0.192 e. The van der Waals surface area contributed by atoms with Crippen LogP contribution in [-0.4, -0.2) is 0 Å². The lowest BCUT2D eigenvalue weighted by atomic mass is 9.78.